The first-order chi connectivity index (χ1) is 22.9. The first-order valence-corrected chi connectivity index (χ1v) is 17.9. The van der Waals surface area contributed by atoms with Crippen molar-refractivity contribution in [2.45, 2.75) is 0 Å². The molecule has 3 rings (SSSR count). The molecular weight excluding hydrogens is 823 g/mol. The molecule has 6 N–H and O–H groups in total. The zero-order valence-electron chi connectivity index (χ0n) is 28.1. The maximum absolute atomic E-state index is 11.0. The molecule has 0 amide bonds. The molecule has 3 aromatic heterocycles. The fourth-order valence-electron chi connectivity index (χ4n) is 3.07. The molecule has 0 saturated carbocycles. The largest absolute Gasteiger partial charge is 1.00 e. The number of hydrogen-bond acceptors (Lipinski definition) is 27. The van der Waals surface area contributed by atoms with Crippen LogP contribution in [0.3, 0.4) is 0 Å². The van der Waals surface area contributed by atoms with E-state index in [9.17, 15) is 36.5 Å². The zero-order valence-corrected chi connectivity index (χ0v) is 39.3. The number of aromatic nitrogens is 7. The van der Waals surface area contributed by atoms with Crippen molar-refractivity contribution in [3.63, 3.8) is 0 Å². The van der Waals surface area contributed by atoms with Gasteiger partial charge in [-0.3, -0.25) is 10.1 Å². The molecule has 0 unspecified atom stereocenters. The first kappa shape index (κ1) is 54.4. The van der Waals surface area contributed by atoms with E-state index in [2.05, 4.69) is 85.5 Å². The molecule has 0 spiro atoms. The number of nitrogens with one attached hydrogen (secondary N) is 6. The Morgan fingerprint density at radius 3 is 1.19 bits per heavy atom. The standard InChI is InChI=1S/C19H29N13O12S4.4Na/c33-41-43-45-8-4-20-14-27-15(21-5-9-46-44-42-34)30-18(29-14)25-12-2-1-3-13(24-12)26-19-31-16(22-6-10-47(35,36)37)28-17(32-19)23-7-11-48(38,39)40;;;;/h1-3,33-34H,4-11H2,(H,35,36,37)(H,38,39,40)(H6,20,21,22,23,24,25,26,27,28,29,30,31,32);;;;/q;4*+1/p-4. The summed E-state index contributed by atoms with van der Waals surface area (Å²) < 4.78 is 74.2. The van der Waals surface area contributed by atoms with E-state index in [1.165, 1.54) is 6.07 Å². The zero-order chi connectivity index (χ0) is 34.8. The summed E-state index contributed by atoms with van der Waals surface area (Å²) in [6, 6.07) is 4.70. The predicted molar refractivity (Wildman–Crippen MR) is 163 cm³/mol. The maximum atomic E-state index is 11.0. The summed E-state index contributed by atoms with van der Waals surface area (Å²) in [6.07, 6.45) is 0. The van der Waals surface area contributed by atoms with E-state index in [1.807, 2.05) is 0 Å². The Balaban J connectivity index is 0. The molecule has 25 nitrogen and oxygen atoms in total. The number of hydrogen-bond donors (Lipinski definition) is 6. The topological polar surface area (TPSA) is 360 Å². The van der Waals surface area contributed by atoms with Gasteiger partial charge in [0.15, 0.2) is 0 Å². The summed E-state index contributed by atoms with van der Waals surface area (Å²) >= 11 is 1.50. The van der Waals surface area contributed by atoms with E-state index in [4.69, 9.17) is 0 Å². The molecule has 0 saturated heterocycles. The van der Waals surface area contributed by atoms with Gasteiger partial charge >= 0.3 is 118 Å². The van der Waals surface area contributed by atoms with Gasteiger partial charge in [-0.05, 0) is 12.1 Å². The second-order valence-corrected chi connectivity index (χ2v) is 13.0. The van der Waals surface area contributed by atoms with Gasteiger partial charge < -0.3 is 51.5 Å². The van der Waals surface area contributed by atoms with Crippen molar-refractivity contribution in [2.75, 3.05) is 81.1 Å². The summed E-state index contributed by atoms with van der Waals surface area (Å²) in [5.74, 6) is -0.772. The third-order valence-electron chi connectivity index (χ3n) is 4.86. The summed E-state index contributed by atoms with van der Waals surface area (Å²) in [7, 11) is -9.09. The fourth-order valence-corrected chi connectivity index (χ4v) is 4.36. The van der Waals surface area contributed by atoms with Gasteiger partial charge in [0.2, 0.25) is 35.7 Å². The molecule has 0 fully saturated rings. The van der Waals surface area contributed by atoms with Crippen LogP contribution in [0.4, 0.5) is 47.3 Å². The third-order valence-corrected chi connectivity index (χ3v) is 7.31. The Labute approximate surface area is 394 Å². The van der Waals surface area contributed by atoms with Crippen molar-refractivity contribution in [3.8, 4) is 0 Å². The number of anilines is 8. The van der Waals surface area contributed by atoms with Crippen LogP contribution in [0.1, 0.15) is 0 Å². The molecule has 0 aromatic carbocycles. The summed E-state index contributed by atoms with van der Waals surface area (Å²) in [5, 5.41) is 43.1. The molecule has 0 aliphatic rings. The van der Waals surface area contributed by atoms with E-state index in [0.717, 1.165) is 24.1 Å². The minimum absolute atomic E-state index is 0. The molecule has 52 heavy (non-hydrogen) atoms. The van der Waals surface area contributed by atoms with Crippen LogP contribution in [0, 0.1) is 0 Å². The second kappa shape index (κ2) is 29.5. The van der Waals surface area contributed by atoms with Gasteiger partial charge in [0.05, 0.1) is 31.7 Å². The van der Waals surface area contributed by atoms with E-state index >= 15 is 0 Å². The third kappa shape index (κ3) is 24.7. The molecule has 33 heteroatoms. The van der Waals surface area contributed by atoms with Crippen LogP contribution >= 0.6 is 24.1 Å². The van der Waals surface area contributed by atoms with Gasteiger partial charge in [-0.15, -0.1) is 0 Å². The second-order valence-electron chi connectivity index (χ2n) is 8.42. The van der Waals surface area contributed by atoms with Gasteiger partial charge in [-0.2, -0.15) is 38.6 Å². The minimum atomic E-state index is -4.54. The molecule has 0 bridgehead atoms. The quantitative estimate of drug-likeness (QED) is 0.0122. The van der Waals surface area contributed by atoms with Crippen LogP contribution in [0.5, 0.6) is 0 Å². The summed E-state index contributed by atoms with van der Waals surface area (Å²) in [6.45, 7) is -0.164. The van der Waals surface area contributed by atoms with Crippen molar-refractivity contribution in [1.29, 1.82) is 0 Å². The number of nitrogens with zero attached hydrogens (tertiary/aromatic N) is 7. The molecule has 0 atom stereocenters. The average Bonchev–Trinajstić information content (AvgIpc) is 3.00. The van der Waals surface area contributed by atoms with Crippen molar-refractivity contribution < 1.29 is 173 Å². The Kier molecular flexibility index (Phi) is 30.8. The van der Waals surface area contributed by atoms with E-state index in [1.54, 1.807) is 12.1 Å². The van der Waals surface area contributed by atoms with Crippen molar-refractivity contribution in [2.24, 2.45) is 0 Å². The molecule has 0 aliphatic carbocycles. The molecule has 266 valence electrons. The SMILES string of the molecule is O=S(=O)([O-])CCNc1nc(NCCS(=O)(=O)[O-])nc(Nc2cccc(Nc3nc(NCCSOO[O-])nc(NCCSOO[O-])n3)n2)n1.[Na+].[Na+].[Na+].[Na+]. The van der Waals surface area contributed by atoms with Crippen LogP contribution < -0.4 is 161 Å². The van der Waals surface area contributed by atoms with Crippen LogP contribution in [0.15, 0.2) is 18.2 Å². The Bertz CT molecular complexity index is 1590. The van der Waals surface area contributed by atoms with Gasteiger partial charge in [0.1, 0.15) is 11.6 Å². The van der Waals surface area contributed by atoms with Gasteiger partial charge in [-0.25, -0.2) is 21.8 Å². The Hall–Kier alpha value is 0.250. The predicted octanol–water partition coefficient (Wildman–Crippen LogP) is -14.6. The van der Waals surface area contributed by atoms with E-state index < -0.39 is 31.7 Å². The Morgan fingerprint density at radius 1 is 0.538 bits per heavy atom. The van der Waals surface area contributed by atoms with E-state index in [-0.39, 0.29) is 192 Å². The first-order valence-electron chi connectivity index (χ1n) is 12.9. The van der Waals surface area contributed by atoms with Crippen molar-refractivity contribution >= 4 is 91.6 Å². The number of pyridine rings is 1. The monoisotopic (exact) mass is 847 g/mol. The fraction of sp³-hybridized carbons (Fsp3) is 0.421. The minimum Gasteiger partial charge on any atom is -0.748 e. The summed E-state index contributed by atoms with van der Waals surface area (Å²) in [5.41, 5.74) is 0. The smallest absolute Gasteiger partial charge is 0.748 e. The van der Waals surface area contributed by atoms with Gasteiger partial charge in [-0.1, -0.05) is 6.07 Å². The van der Waals surface area contributed by atoms with Crippen LogP contribution in [-0.2, 0) is 39.0 Å². The molecule has 0 radical (unpaired) electrons. The van der Waals surface area contributed by atoms with Crippen molar-refractivity contribution in [1.82, 2.24) is 34.9 Å². The number of rotatable bonds is 24. The summed E-state index contributed by atoms with van der Waals surface area (Å²) in [4.78, 5) is 29.3. The van der Waals surface area contributed by atoms with Gasteiger partial charge in [0.25, 0.3) is 0 Å². The normalized spacial score (nSPS) is 10.7. The molecule has 3 heterocycles. The average molecular weight is 848 g/mol. The van der Waals surface area contributed by atoms with Crippen LogP contribution in [0.2, 0.25) is 0 Å². The van der Waals surface area contributed by atoms with Crippen LogP contribution in [0.25, 0.3) is 0 Å². The van der Waals surface area contributed by atoms with Crippen molar-refractivity contribution in [3.05, 3.63) is 18.2 Å². The molecule has 0 aliphatic heterocycles. The van der Waals surface area contributed by atoms with Crippen LogP contribution in [-0.4, -0.2) is 110 Å². The van der Waals surface area contributed by atoms with E-state index in [0.29, 0.717) is 11.5 Å². The molecule has 3 aromatic rings. The van der Waals surface area contributed by atoms with Gasteiger partial charge in [0, 0.05) is 61.8 Å². The maximum Gasteiger partial charge on any atom is 1.00 e. The Morgan fingerprint density at radius 2 is 0.865 bits per heavy atom. The molecular formula is C19H25N13Na4O12S4.